The van der Waals surface area contributed by atoms with E-state index in [-0.39, 0.29) is 5.91 Å². The third-order valence-corrected chi connectivity index (χ3v) is 4.53. The van der Waals surface area contributed by atoms with E-state index < -0.39 is 0 Å². The predicted octanol–water partition coefficient (Wildman–Crippen LogP) is 4.18. The fourth-order valence-electron chi connectivity index (χ4n) is 2.36. The zero-order valence-corrected chi connectivity index (χ0v) is 14.5. The minimum absolute atomic E-state index is 0.0853. The number of thiophene rings is 1. The number of carbonyl (C=O) groups excluding carboxylic acids is 1. The van der Waals surface area contributed by atoms with Crippen LogP contribution in [0.1, 0.15) is 37.4 Å². The average Bonchev–Trinajstić information content (AvgIpc) is 2.92. The molecule has 1 aromatic carbocycles. The van der Waals surface area contributed by atoms with Crippen molar-refractivity contribution in [3.63, 3.8) is 0 Å². The summed E-state index contributed by atoms with van der Waals surface area (Å²) in [4.78, 5) is 15.1. The van der Waals surface area contributed by atoms with Gasteiger partial charge >= 0.3 is 0 Å². The van der Waals surface area contributed by atoms with E-state index in [4.69, 9.17) is 9.47 Å². The number of rotatable bonds is 7. The van der Waals surface area contributed by atoms with Crippen molar-refractivity contribution in [2.45, 2.75) is 27.7 Å². The quantitative estimate of drug-likeness (QED) is 0.768. The molecule has 0 unspecified atom stereocenters. The maximum absolute atomic E-state index is 12.5. The fourth-order valence-corrected chi connectivity index (χ4v) is 3.40. The lowest BCUT2D eigenvalue weighted by Crippen LogP contribution is -2.29. The maximum atomic E-state index is 12.5. The Morgan fingerprint density at radius 2 is 1.59 bits per heavy atom. The number of carbonyl (C=O) groups is 1. The molecule has 0 N–H and O–H groups in total. The second-order valence-corrected chi connectivity index (χ2v) is 5.87. The number of fused-ring (bicyclic) bond motifs is 1. The summed E-state index contributed by atoms with van der Waals surface area (Å²) in [5.41, 5.74) is 0. The first-order valence-electron chi connectivity index (χ1n) is 7.76. The Kier molecular flexibility index (Phi) is 5.66. The number of ether oxygens (including phenoxy) is 2. The van der Waals surface area contributed by atoms with E-state index in [2.05, 4.69) is 0 Å². The molecule has 0 aliphatic rings. The highest BCUT2D eigenvalue weighted by Crippen LogP contribution is 2.37. The van der Waals surface area contributed by atoms with Gasteiger partial charge in [0.2, 0.25) is 0 Å². The molecule has 1 amide bonds. The minimum Gasteiger partial charge on any atom is -0.490 e. The van der Waals surface area contributed by atoms with Crippen LogP contribution in [0.4, 0.5) is 0 Å². The van der Waals surface area contributed by atoms with Crippen LogP contribution < -0.4 is 9.47 Å². The molecule has 1 aromatic heterocycles. The van der Waals surface area contributed by atoms with Crippen LogP contribution in [0.15, 0.2) is 18.2 Å². The molecule has 2 rings (SSSR count). The zero-order valence-electron chi connectivity index (χ0n) is 13.6. The summed E-state index contributed by atoms with van der Waals surface area (Å²) in [5.74, 6) is 1.55. The number of hydrogen-bond donors (Lipinski definition) is 0. The van der Waals surface area contributed by atoms with E-state index in [1.807, 2.05) is 50.8 Å². The van der Waals surface area contributed by atoms with Gasteiger partial charge in [-0.1, -0.05) is 0 Å². The van der Waals surface area contributed by atoms with E-state index in [1.54, 1.807) is 0 Å². The molecule has 2 aromatic rings. The Morgan fingerprint density at radius 1 is 1.00 bits per heavy atom. The normalized spacial score (nSPS) is 10.7. The van der Waals surface area contributed by atoms with E-state index >= 15 is 0 Å². The standard InChI is InChI=1S/C17H23NO3S/c1-5-18(6-2)17(19)16-10-12-9-13(20-7-3)14(21-8-4)11-15(12)22-16/h9-11H,5-8H2,1-4H3. The van der Waals surface area contributed by atoms with Crippen LogP contribution in [-0.2, 0) is 0 Å². The monoisotopic (exact) mass is 321 g/mol. The van der Waals surface area contributed by atoms with Crippen molar-refractivity contribution in [1.29, 1.82) is 0 Å². The topological polar surface area (TPSA) is 38.8 Å². The molecular weight excluding hydrogens is 298 g/mol. The molecule has 22 heavy (non-hydrogen) atoms. The van der Waals surface area contributed by atoms with Gasteiger partial charge in [-0.2, -0.15) is 0 Å². The second-order valence-electron chi connectivity index (χ2n) is 4.79. The summed E-state index contributed by atoms with van der Waals surface area (Å²) in [7, 11) is 0. The molecule has 4 nitrogen and oxygen atoms in total. The van der Waals surface area contributed by atoms with E-state index in [9.17, 15) is 4.79 Å². The Morgan fingerprint density at radius 3 is 2.14 bits per heavy atom. The smallest absolute Gasteiger partial charge is 0.263 e. The van der Waals surface area contributed by atoms with Gasteiger partial charge < -0.3 is 14.4 Å². The third kappa shape index (κ3) is 3.35. The molecule has 5 heteroatoms. The lowest BCUT2D eigenvalue weighted by atomic mass is 10.2. The van der Waals surface area contributed by atoms with Crippen molar-refractivity contribution >= 4 is 27.3 Å². The predicted molar refractivity (Wildman–Crippen MR) is 91.4 cm³/mol. The van der Waals surface area contributed by atoms with Crippen molar-refractivity contribution in [2.24, 2.45) is 0 Å². The molecule has 0 atom stereocenters. The molecule has 1 heterocycles. The second kappa shape index (κ2) is 7.49. The fraction of sp³-hybridized carbons (Fsp3) is 0.471. The number of hydrogen-bond acceptors (Lipinski definition) is 4. The maximum Gasteiger partial charge on any atom is 0.263 e. The summed E-state index contributed by atoms with van der Waals surface area (Å²) in [5, 5.41) is 1.02. The van der Waals surface area contributed by atoms with Gasteiger partial charge in [0.05, 0.1) is 18.1 Å². The molecular formula is C17H23NO3S. The molecule has 0 fully saturated rings. The summed E-state index contributed by atoms with van der Waals surface area (Å²) in [6.45, 7) is 10.5. The largest absolute Gasteiger partial charge is 0.490 e. The van der Waals surface area contributed by atoms with Gasteiger partial charge in [-0.25, -0.2) is 0 Å². The Balaban J connectivity index is 2.43. The molecule has 0 saturated heterocycles. The molecule has 0 saturated carbocycles. The van der Waals surface area contributed by atoms with Gasteiger partial charge in [-0.3, -0.25) is 4.79 Å². The Labute approximate surface area is 135 Å². The Hall–Kier alpha value is -1.75. The van der Waals surface area contributed by atoms with E-state index in [0.29, 0.717) is 13.2 Å². The van der Waals surface area contributed by atoms with Gasteiger partial charge in [0.1, 0.15) is 0 Å². The molecule has 120 valence electrons. The highest BCUT2D eigenvalue weighted by atomic mass is 32.1. The van der Waals surface area contributed by atoms with Crippen molar-refractivity contribution in [2.75, 3.05) is 26.3 Å². The minimum atomic E-state index is 0.0853. The highest BCUT2D eigenvalue weighted by Gasteiger charge is 2.17. The van der Waals surface area contributed by atoms with Crippen LogP contribution in [0.3, 0.4) is 0 Å². The molecule has 0 radical (unpaired) electrons. The first-order chi connectivity index (χ1) is 10.6. The van der Waals surface area contributed by atoms with Gasteiger partial charge in [-0.05, 0) is 45.2 Å². The molecule has 0 aliphatic carbocycles. The van der Waals surface area contributed by atoms with Crippen LogP contribution in [0, 0.1) is 0 Å². The first-order valence-corrected chi connectivity index (χ1v) is 8.58. The number of nitrogens with zero attached hydrogens (tertiary/aromatic N) is 1. The van der Waals surface area contributed by atoms with Crippen molar-refractivity contribution < 1.29 is 14.3 Å². The van der Waals surface area contributed by atoms with E-state index in [0.717, 1.165) is 39.6 Å². The summed E-state index contributed by atoms with van der Waals surface area (Å²) >= 11 is 1.50. The molecule has 0 aliphatic heterocycles. The van der Waals surface area contributed by atoms with Crippen molar-refractivity contribution in [3.05, 3.63) is 23.1 Å². The summed E-state index contributed by atoms with van der Waals surface area (Å²) in [6.07, 6.45) is 0. The summed E-state index contributed by atoms with van der Waals surface area (Å²) < 4.78 is 12.3. The highest BCUT2D eigenvalue weighted by molar-refractivity contribution is 7.20. The number of amides is 1. The Bertz CT molecular complexity index is 604. The molecule has 0 bridgehead atoms. The van der Waals surface area contributed by atoms with Crippen molar-refractivity contribution in [1.82, 2.24) is 4.90 Å². The zero-order chi connectivity index (χ0) is 16.1. The average molecular weight is 321 g/mol. The van der Waals surface area contributed by atoms with Crippen LogP contribution >= 0.6 is 11.3 Å². The third-order valence-electron chi connectivity index (χ3n) is 3.44. The van der Waals surface area contributed by atoms with Crippen LogP contribution in [-0.4, -0.2) is 37.1 Å². The molecule has 0 spiro atoms. The van der Waals surface area contributed by atoms with Gasteiger partial charge in [0.25, 0.3) is 5.91 Å². The lowest BCUT2D eigenvalue weighted by molar-refractivity contribution is 0.0778. The van der Waals surface area contributed by atoms with Crippen molar-refractivity contribution in [3.8, 4) is 11.5 Å². The first kappa shape index (κ1) is 16.6. The van der Waals surface area contributed by atoms with Gasteiger partial charge in [0, 0.05) is 23.9 Å². The number of benzene rings is 1. The van der Waals surface area contributed by atoms with Crippen LogP contribution in [0.25, 0.3) is 10.1 Å². The lowest BCUT2D eigenvalue weighted by Gasteiger charge is -2.17. The van der Waals surface area contributed by atoms with Crippen LogP contribution in [0.5, 0.6) is 11.5 Å². The van der Waals surface area contributed by atoms with E-state index in [1.165, 1.54) is 11.3 Å². The van der Waals surface area contributed by atoms with Gasteiger partial charge in [-0.15, -0.1) is 11.3 Å². The summed E-state index contributed by atoms with van der Waals surface area (Å²) in [6, 6.07) is 5.87. The SMILES string of the molecule is CCOc1cc2cc(C(=O)N(CC)CC)sc2cc1OCC. The van der Waals surface area contributed by atoms with Gasteiger partial charge in [0.15, 0.2) is 11.5 Å². The van der Waals surface area contributed by atoms with Crippen LogP contribution in [0.2, 0.25) is 0 Å².